The molecule has 0 aliphatic rings. The number of nitro benzene ring substituents is 1. The van der Waals surface area contributed by atoms with Crippen molar-refractivity contribution in [2.24, 2.45) is 0 Å². The van der Waals surface area contributed by atoms with Crippen molar-refractivity contribution in [2.45, 2.75) is 24.9 Å². The Morgan fingerprint density at radius 2 is 1.81 bits per heavy atom. The Hall–Kier alpha value is -3.93. The first kappa shape index (κ1) is 26.1. The number of ether oxygens (including phenoxy) is 1. The van der Waals surface area contributed by atoms with Gasteiger partial charge in [0.1, 0.15) is 17.3 Å². The normalized spacial score (nSPS) is 12.5. The Balaban J connectivity index is 1.65. The van der Waals surface area contributed by atoms with Crippen LogP contribution in [0.25, 0.3) is 9.88 Å². The molecule has 2 heterocycles. The lowest BCUT2D eigenvalue weighted by molar-refractivity contribution is -0.384. The van der Waals surface area contributed by atoms with E-state index in [0.717, 1.165) is 21.0 Å². The van der Waals surface area contributed by atoms with Gasteiger partial charge in [0.05, 0.1) is 28.6 Å². The summed E-state index contributed by atoms with van der Waals surface area (Å²) in [7, 11) is 1.25. The van der Waals surface area contributed by atoms with Crippen molar-refractivity contribution in [3.63, 3.8) is 0 Å². The number of nitrogens with zero attached hydrogens (tertiary/aromatic N) is 3. The van der Waals surface area contributed by atoms with Crippen LogP contribution in [0.5, 0.6) is 0 Å². The molecule has 2 atom stereocenters. The standard InChI is InChI=1S/C26H24N4O5S2/c1-35-26(32)29(21(16-31)14-18-6-3-2-4-7-18)28-22(15-19-9-11-20(12-10-19)30(33)34)23-17-37-25(27-23)24-8-5-13-36-24/h2-13,16-17,21-22,28H,14-15H2,1H3/t21-,22-/m0/s1. The molecular weight excluding hydrogens is 512 g/mol. The molecule has 0 unspecified atom stereocenters. The van der Waals surface area contributed by atoms with Gasteiger partial charge in [-0.25, -0.2) is 20.2 Å². The number of rotatable bonds is 11. The number of nitro groups is 1. The molecule has 2 aromatic heterocycles. The fourth-order valence-electron chi connectivity index (χ4n) is 3.77. The fraction of sp³-hybridized carbons (Fsp3) is 0.192. The zero-order chi connectivity index (χ0) is 26.2. The molecule has 0 aliphatic heterocycles. The van der Waals surface area contributed by atoms with E-state index in [1.165, 1.54) is 35.6 Å². The Kier molecular flexibility index (Phi) is 8.72. The second-order valence-electron chi connectivity index (χ2n) is 8.10. The quantitative estimate of drug-likeness (QED) is 0.154. The molecule has 0 saturated carbocycles. The summed E-state index contributed by atoms with van der Waals surface area (Å²) in [5.41, 5.74) is 5.52. The minimum Gasteiger partial charge on any atom is -0.452 e. The molecule has 9 nitrogen and oxygen atoms in total. The predicted molar refractivity (Wildman–Crippen MR) is 142 cm³/mol. The molecular formula is C26H24N4O5S2. The number of hydrogen-bond donors (Lipinski definition) is 1. The van der Waals surface area contributed by atoms with Gasteiger partial charge in [0.25, 0.3) is 5.69 Å². The maximum Gasteiger partial charge on any atom is 0.424 e. The van der Waals surface area contributed by atoms with Crippen LogP contribution in [0.1, 0.15) is 22.9 Å². The summed E-state index contributed by atoms with van der Waals surface area (Å²) in [5.74, 6) is 0. The molecule has 4 rings (SSSR count). The van der Waals surface area contributed by atoms with Crippen LogP contribution in [0, 0.1) is 10.1 Å². The molecule has 11 heteroatoms. The Bertz CT molecular complexity index is 1330. The first-order valence-electron chi connectivity index (χ1n) is 11.3. The van der Waals surface area contributed by atoms with Crippen molar-refractivity contribution in [2.75, 3.05) is 7.11 Å². The Morgan fingerprint density at radius 3 is 2.43 bits per heavy atom. The Morgan fingerprint density at radius 1 is 1.08 bits per heavy atom. The van der Waals surface area contributed by atoms with Gasteiger partial charge in [-0.05, 0) is 29.0 Å². The first-order valence-corrected chi connectivity index (χ1v) is 13.1. The number of hydrazine groups is 1. The lowest BCUT2D eigenvalue weighted by atomic mass is 10.0. The monoisotopic (exact) mass is 536 g/mol. The second-order valence-corrected chi connectivity index (χ2v) is 9.90. The summed E-state index contributed by atoms with van der Waals surface area (Å²) in [6.07, 6.45) is 0.637. The second kappa shape index (κ2) is 12.3. The van der Waals surface area contributed by atoms with Crippen LogP contribution in [0.2, 0.25) is 0 Å². The van der Waals surface area contributed by atoms with E-state index >= 15 is 0 Å². The summed E-state index contributed by atoms with van der Waals surface area (Å²) in [4.78, 5) is 41.4. The summed E-state index contributed by atoms with van der Waals surface area (Å²) in [5, 5.41) is 17.0. The van der Waals surface area contributed by atoms with Gasteiger partial charge in [-0.3, -0.25) is 10.1 Å². The average Bonchev–Trinajstić information content (AvgIpc) is 3.63. The number of carbonyl (C=O) groups excluding carboxylic acids is 2. The van der Waals surface area contributed by atoms with E-state index in [1.54, 1.807) is 23.5 Å². The zero-order valence-electron chi connectivity index (χ0n) is 19.9. The van der Waals surface area contributed by atoms with E-state index in [2.05, 4.69) is 5.43 Å². The highest BCUT2D eigenvalue weighted by molar-refractivity contribution is 7.20. The minimum absolute atomic E-state index is 0.0121. The van der Waals surface area contributed by atoms with Gasteiger partial charge in [0.2, 0.25) is 0 Å². The highest BCUT2D eigenvalue weighted by Crippen LogP contribution is 2.31. The molecule has 1 amide bonds. The maximum atomic E-state index is 12.8. The molecule has 0 radical (unpaired) electrons. The third-order valence-electron chi connectivity index (χ3n) is 5.64. The molecule has 0 saturated heterocycles. The predicted octanol–water partition coefficient (Wildman–Crippen LogP) is 5.45. The van der Waals surface area contributed by atoms with E-state index < -0.39 is 23.1 Å². The summed E-state index contributed by atoms with van der Waals surface area (Å²) < 4.78 is 5.00. The molecule has 0 bridgehead atoms. The lowest BCUT2D eigenvalue weighted by Crippen LogP contribution is -2.52. The van der Waals surface area contributed by atoms with Gasteiger partial charge >= 0.3 is 6.09 Å². The van der Waals surface area contributed by atoms with Crippen LogP contribution in [-0.2, 0) is 22.4 Å². The van der Waals surface area contributed by atoms with Crippen LogP contribution in [0.3, 0.4) is 0 Å². The number of methoxy groups -OCH3 is 1. The highest BCUT2D eigenvalue weighted by Gasteiger charge is 2.29. The number of aromatic nitrogens is 1. The molecule has 0 aliphatic carbocycles. The molecule has 1 N–H and O–H groups in total. The van der Waals surface area contributed by atoms with Crippen molar-refractivity contribution >= 4 is 40.7 Å². The van der Waals surface area contributed by atoms with Gasteiger partial charge in [-0.1, -0.05) is 48.5 Å². The summed E-state index contributed by atoms with van der Waals surface area (Å²) in [6, 6.07) is 18.2. The fourth-order valence-corrected chi connectivity index (χ4v) is 5.46. The van der Waals surface area contributed by atoms with Gasteiger partial charge in [-0.2, -0.15) is 0 Å². The van der Waals surface area contributed by atoms with Crippen molar-refractivity contribution in [1.82, 2.24) is 15.4 Å². The average molecular weight is 537 g/mol. The van der Waals surface area contributed by atoms with Crippen LogP contribution in [0.15, 0.2) is 77.5 Å². The number of amides is 1. The van der Waals surface area contributed by atoms with Gasteiger partial charge in [0, 0.05) is 23.9 Å². The number of thiazole rings is 1. The number of aldehydes is 1. The molecule has 4 aromatic rings. The van der Waals surface area contributed by atoms with E-state index in [4.69, 9.17) is 9.72 Å². The SMILES string of the molecule is COC(=O)N(N[C@@H](Cc1ccc([N+](=O)[O-])cc1)c1csc(-c2cccs2)n1)[C@H](C=O)Cc1ccccc1. The van der Waals surface area contributed by atoms with Gasteiger partial charge < -0.3 is 9.53 Å². The van der Waals surface area contributed by atoms with Crippen LogP contribution >= 0.6 is 22.7 Å². The zero-order valence-corrected chi connectivity index (χ0v) is 21.5. The van der Waals surface area contributed by atoms with Crippen LogP contribution in [0.4, 0.5) is 10.5 Å². The summed E-state index contributed by atoms with van der Waals surface area (Å²) >= 11 is 3.05. The van der Waals surface area contributed by atoms with E-state index in [-0.39, 0.29) is 12.1 Å². The van der Waals surface area contributed by atoms with Crippen molar-refractivity contribution in [3.05, 3.63) is 104 Å². The van der Waals surface area contributed by atoms with Gasteiger partial charge in [-0.15, -0.1) is 22.7 Å². The third-order valence-corrected chi connectivity index (χ3v) is 7.54. The maximum absolute atomic E-state index is 12.8. The number of hydrogen-bond acceptors (Lipinski definition) is 9. The molecule has 190 valence electrons. The van der Waals surface area contributed by atoms with Crippen molar-refractivity contribution < 1.29 is 19.2 Å². The van der Waals surface area contributed by atoms with Crippen LogP contribution in [-0.4, -0.2) is 40.4 Å². The first-order chi connectivity index (χ1) is 18.0. The third kappa shape index (κ3) is 6.64. The van der Waals surface area contributed by atoms with E-state index in [9.17, 15) is 19.7 Å². The molecule has 0 spiro atoms. The molecule has 0 fully saturated rings. The number of benzene rings is 2. The van der Waals surface area contributed by atoms with Gasteiger partial charge in [0.15, 0.2) is 0 Å². The number of thiophene rings is 1. The van der Waals surface area contributed by atoms with Crippen molar-refractivity contribution in [3.8, 4) is 9.88 Å². The largest absolute Gasteiger partial charge is 0.452 e. The highest BCUT2D eigenvalue weighted by atomic mass is 32.1. The van der Waals surface area contributed by atoms with Crippen LogP contribution < -0.4 is 5.43 Å². The topological polar surface area (TPSA) is 115 Å². The molecule has 37 heavy (non-hydrogen) atoms. The van der Waals surface area contributed by atoms with E-state index in [1.807, 2.05) is 53.2 Å². The minimum atomic E-state index is -0.843. The van der Waals surface area contributed by atoms with E-state index in [0.29, 0.717) is 18.4 Å². The van der Waals surface area contributed by atoms with Crippen molar-refractivity contribution in [1.29, 1.82) is 0 Å². The smallest absolute Gasteiger partial charge is 0.424 e. The Labute approximate surface area is 221 Å². The number of carbonyl (C=O) groups is 2. The number of non-ortho nitro benzene ring substituents is 1. The number of nitrogens with one attached hydrogen (secondary N) is 1. The summed E-state index contributed by atoms with van der Waals surface area (Å²) in [6.45, 7) is 0. The molecule has 2 aromatic carbocycles. The lowest BCUT2D eigenvalue weighted by Gasteiger charge is -2.31.